The molecule has 1 fully saturated rings. The molecule has 7 nitrogen and oxygen atoms in total. The van der Waals surface area contributed by atoms with E-state index in [1.807, 2.05) is 11.9 Å². The first-order valence-corrected chi connectivity index (χ1v) is 10.1. The summed E-state index contributed by atoms with van der Waals surface area (Å²) in [5.41, 5.74) is 8.52. The quantitative estimate of drug-likeness (QED) is 0.478. The number of halogens is 1. The van der Waals surface area contributed by atoms with Gasteiger partial charge in [0.15, 0.2) is 6.29 Å². The highest BCUT2D eigenvalue weighted by Crippen LogP contribution is 2.29. The summed E-state index contributed by atoms with van der Waals surface area (Å²) >= 11 is 0. The van der Waals surface area contributed by atoms with Gasteiger partial charge < -0.3 is 25.2 Å². The Labute approximate surface area is 180 Å². The molecule has 1 amide bonds. The van der Waals surface area contributed by atoms with Crippen LogP contribution in [-0.4, -0.2) is 44.3 Å². The van der Waals surface area contributed by atoms with E-state index in [-0.39, 0.29) is 23.5 Å². The zero-order valence-corrected chi connectivity index (χ0v) is 17.4. The normalized spacial score (nSPS) is 15.6. The maximum absolute atomic E-state index is 13.1. The van der Waals surface area contributed by atoms with Gasteiger partial charge in [-0.2, -0.15) is 0 Å². The molecule has 8 heteroatoms. The molecular formula is C23H26FN3O4. The van der Waals surface area contributed by atoms with Gasteiger partial charge in [-0.25, -0.2) is 9.18 Å². The third-order valence-corrected chi connectivity index (χ3v) is 4.87. The van der Waals surface area contributed by atoms with Crippen molar-refractivity contribution in [2.24, 2.45) is 0 Å². The molecule has 0 bridgehead atoms. The number of benzene rings is 2. The zero-order chi connectivity index (χ0) is 22.2. The van der Waals surface area contributed by atoms with Crippen molar-refractivity contribution in [1.29, 1.82) is 0 Å². The van der Waals surface area contributed by atoms with Gasteiger partial charge in [-0.05, 0) is 55.7 Å². The molecule has 1 aliphatic heterocycles. The lowest BCUT2D eigenvalue weighted by molar-refractivity contribution is -0.160. The van der Waals surface area contributed by atoms with Crippen LogP contribution < -0.4 is 16.0 Å². The van der Waals surface area contributed by atoms with Crippen LogP contribution in [0.2, 0.25) is 0 Å². The fourth-order valence-electron chi connectivity index (χ4n) is 3.20. The smallest absolute Gasteiger partial charge is 0.409 e. The molecule has 2 aromatic rings. The molecule has 1 aliphatic rings. The maximum Gasteiger partial charge on any atom is 0.409 e. The van der Waals surface area contributed by atoms with Crippen LogP contribution in [0.4, 0.5) is 26.2 Å². The standard InChI is InChI=1S/C23H26FN3O4/c1-27(11-13-31-22-4-2-3-12-30-22)21-15-20(26-23(28)29)19(25)14-17(21)8-5-16-6-9-18(24)10-7-16/h6-7,9-10,14-15,22,26H,2-4,11-13,25H2,1H3,(H,28,29). The van der Waals surface area contributed by atoms with Gasteiger partial charge in [0.05, 0.1) is 29.2 Å². The fourth-order valence-corrected chi connectivity index (χ4v) is 3.20. The van der Waals surface area contributed by atoms with Gasteiger partial charge in [-0.15, -0.1) is 0 Å². The van der Waals surface area contributed by atoms with Gasteiger partial charge in [-0.3, -0.25) is 5.32 Å². The monoisotopic (exact) mass is 427 g/mol. The topological polar surface area (TPSA) is 97.0 Å². The third kappa shape index (κ3) is 6.60. The maximum atomic E-state index is 13.1. The first-order chi connectivity index (χ1) is 14.9. The van der Waals surface area contributed by atoms with Crippen LogP contribution in [0.5, 0.6) is 0 Å². The van der Waals surface area contributed by atoms with Gasteiger partial charge in [0, 0.05) is 25.8 Å². The molecule has 0 spiro atoms. The van der Waals surface area contributed by atoms with Crippen LogP contribution in [0.25, 0.3) is 0 Å². The molecular weight excluding hydrogens is 401 g/mol. The van der Waals surface area contributed by atoms with Crippen LogP contribution in [0.15, 0.2) is 36.4 Å². The highest BCUT2D eigenvalue weighted by atomic mass is 19.1. The van der Waals surface area contributed by atoms with Crippen LogP contribution in [0, 0.1) is 17.7 Å². The summed E-state index contributed by atoms with van der Waals surface area (Å²) < 4.78 is 24.5. The largest absolute Gasteiger partial charge is 0.465 e. The highest BCUT2D eigenvalue weighted by Gasteiger charge is 2.16. The van der Waals surface area contributed by atoms with E-state index in [1.54, 1.807) is 24.3 Å². The predicted molar refractivity (Wildman–Crippen MR) is 118 cm³/mol. The molecule has 164 valence electrons. The van der Waals surface area contributed by atoms with E-state index in [1.165, 1.54) is 12.1 Å². The Morgan fingerprint density at radius 3 is 2.77 bits per heavy atom. The highest BCUT2D eigenvalue weighted by molar-refractivity contribution is 5.90. The number of nitrogens with two attached hydrogens (primary N) is 1. The lowest BCUT2D eigenvalue weighted by Gasteiger charge is -2.26. The summed E-state index contributed by atoms with van der Waals surface area (Å²) in [5, 5.41) is 11.4. The first kappa shape index (κ1) is 22.4. The summed E-state index contributed by atoms with van der Waals surface area (Å²) in [6, 6.07) is 9.14. The van der Waals surface area contributed by atoms with Gasteiger partial charge in [0.2, 0.25) is 0 Å². The number of carbonyl (C=O) groups is 1. The number of likely N-dealkylation sites (N-methyl/N-ethyl adjacent to an activating group) is 1. The molecule has 0 aromatic heterocycles. The second-order valence-corrected chi connectivity index (χ2v) is 7.23. The van der Waals surface area contributed by atoms with Crippen molar-refractivity contribution in [3.05, 3.63) is 53.3 Å². The minimum absolute atomic E-state index is 0.185. The van der Waals surface area contributed by atoms with E-state index in [4.69, 9.17) is 20.3 Å². The van der Waals surface area contributed by atoms with Crippen LogP contribution in [-0.2, 0) is 9.47 Å². The van der Waals surface area contributed by atoms with Gasteiger partial charge in [0.1, 0.15) is 5.82 Å². The number of nitrogens with one attached hydrogen (secondary N) is 1. The third-order valence-electron chi connectivity index (χ3n) is 4.87. The average Bonchev–Trinajstić information content (AvgIpc) is 2.75. The zero-order valence-electron chi connectivity index (χ0n) is 17.4. The summed E-state index contributed by atoms with van der Waals surface area (Å²) in [4.78, 5) is 13.0. The minimum Gasteiger partial charge on any atom is -0.465 e. The van der Waals surface area contributed by atoms with Crippen LogP contribution in [0.3, 0.4) is 0 Å². The molecule has 2 aromatic carbocycles. The van der Waals surface area contributed by atoms with Crippen molar-refractivity contribution < 1.29 is 23.8 Å². The van der Waals surface area contributed by atoms with Crippen molar-refractivity contribution in [2.75, 3.05) is 42.8 Å². The molecule has 1 atom stereocenters. The number of hydrogen-bond donors (Lipinski definition) is 3. The van der Waals surface area contributed by atoms with E-state index in [0.717, 1.165) is 19.3 Å². The molecule has 1 unspecified atom stereocenters. The van der Waals surface area contributed by atoms with E-state index >= 15 is 0 Å². The molecule has 3 rings (SSSR count). The molecule has 4 N–H and O–H groups in total. The summed E-state index contributed by atoms with van der Waals surface area (Å²) in [6.07, 6.45) is 1.64. The van der Waals surface area contributed by atoms with Gasteiger partial charge >= 0.3 is 6.09 Å². The number of nitrogens with zero attached hydrogens (tertiary/aromatic N) is 1. The number of rotatable bonds is 6. The number of ether oxygens (including phenoxy) is 2. The summed E-state index contributed by atoms with van der Waals surface area (Å²) in [5.74, 6) is 5.72. The fraction of sp³-hybridized carbons (Fsp3) is 0.348. The van der Waals surface area contributed by atoms with E-state index in [2.05, 4.69) is 17.2 Å². The number of hydrogen-bond acceptors (Lipinski definition) is 5. The molecule has 1 heterocycles. The lowest BCUT2D eigenvalue weighted by atomic mass is 10.1. The van der Waals surface area contributed by atoms with Crippen molar-refractivity contribution in [3.8, 4) is 11.8 Å². The lowest BCUT2D eigenvalue weighted by Crippen LogP contribution is -2.29. The molecule has 0 radical (unpaired) electrons. The Hall–Kier alpha value is -3.28. The molecule has 0 aliphatic carbocycles. The summed E-state index contributed by atoms with van der Waals surface area (Å²) in [6.45, 7) is 1.70. The van der Waals surface area contributed by atoms with E-state index in [0.29, 0.717) is 36.6 Å². The van der Waals surface area contributed by atoms with Crippen molar-refractivity contribution in [3.63, 3.8) is 0 Å². The number of amides is 1. The van der Waals surface area contributed by atoms with Crippen LogP contribution >= 0.6 is 0 Å². The summed E-state index contributed by atoms with van der Waals surface area (Å²) in [7, 11) is 1.87. The number of anilines is 3. The molecule has 31 heavy (non-hydrogen) atoms. The number of carboxylic acid groups (broad SMARTS) is 1. The Bertz CT molecular complexity index is 963. The SMILES string of the molecule is CN(CCOC1CCCCO1)c1cc(NC(=O)O)c(N)cc1C#Cc1ccc(F)cc1. The Morgan fingerprint density at radius 2 is 2.10 bits per heavy atom. The first-order valence-electron chi connectivity index (χ1n) is 10.1. The van der Waals surface area contributed by atoms with Gasteiger partial charge in [0.25, 0.3) is 0 Å². The van der Waals surface area contributed by atoms with Crippen molar-refractivity contribution in [1.82, 2.24) is 0 Å². The second-order valence-electron chi connectivity index (χ2n) is 7.23. The predicted octanol–water partition coefficient (Wildman–Crippen LogP) is 3.88. The Kier molecular flexibility index (Phi) is 7.70. The molecule has 1 saturated heterocycles. The molecule has 0 saturated carbocycles. The Morgan fingerprint density at radius 1 is 1.32 bits per heavy atom. The van der Waals surface area contributed by atoms with Gasteiger partial charge in [-0.1, -0.05) is 11.8 Å². The van der Waals surface area contributed by atoms with E-state index < -0.39 is 6.09 Å². The van der Waals surface area contributed by atoms with Crippen molar-refractivity contribution in [2.45, 2.75) is 25.6 Å². The number of nitrogen functional groups attached to an aromatic ring is 1. The average molecular weight is 427 g/mol. The second kappa shape index (κ2) is 10.7. The minimum atomic E-state index is -1.21. The van der Waals surface area contributed by atoms with Crippen molar-refractivity contribution >= 4 is 23.2 Å². The van der Waals surface area contributed by atoms with E-state index in [9.17, 15) is 9.18 Å². The van der Waals surface area contributed by atoms with Crippen LogP contribution in [0.1, 0.15) is 30.4 Å². The Balaban J connectivity index is 1.80.